The van der Waals surface area contributed by atoms with Crippen LogP contribution in [0.15, 0.2) is 23.1 Å². The summed E-state index contributed by atoms with van der Waals surface area (Å²) < 4.78 is 29.6. The van der Waals surface area contributed by atoms with Crippen LogP contribution in [0.2, 0.25) is 0 Å². The maximum atomic E-state index is 10.5. The Hall–Kier alpha value is -0.270. The summed E-state index contributed by atoms with van der Waals surface area (Å²) in [4.78, 5) is -0.581. The van der Waals surface area contributed by atoms with Gasteiger partial charge < -0.3 is 12.3 Å². The van der Waals surface area contributed by atoms with Gasteiger partial charge in [0.25, 0.3) is 10.1 Å². The summed E-state index contributed by atoms with van der Waals surface area (Å²) in [6.07, 6.45) is 0. The molecule has 0 aliphatic carbocycles. The van der Waals surface area contributed by atoms with Crippen molar-refractivity contribution in [1.29, 1.82) is 0 Å². The second kappa shape index (κ2) is 4.30. The zero-order valence-corrected chi connectivity index (χ0v) is 9.75. The van der Waals surface area contributed by atoms with Crippen LogP contribution in [-0.4, -0.2) is 18.1 Å². The molecule has 1 rings (SSSR count). The van der Waals surface area contributed by atoms with Gasteiger partial charge in [-0.3, -0.25) is 4.55 Å². The summed E-state index contributed by atoms with van der Waals surface area (Å²) in [6.45, 7) is 0. The summed E-state index contributed by atoms with van der Waals surface area (Å²) in [7, 11) is -4.39. The molecule has 4 N–H and O–H groups in total. The fourth-order valence-electron chi connectivity index (χ4n) is 0.737. The largest absolute Gasteiger partial charge is 1.00 e. The fourth-order valence-corrected chi connectivity index (χ4v) is 1.35. The molecule has 0 aromatic heterocycles. The average Bonchev–Trinajstić information content (AvgIpc) is 1.92. The van der Waals surface area contributed by atoms with Crippen molar-refractivity contribution in [2.45, 2.75) is 4.90 Å². The van der Waals surface area contributed by atoms with Crippen LogP contribution < -0.4 is 35.3 Å². The van der Waals surface area contributed by atoms with E-state index in [2.05, 4.69) is 0 Å². The zero-order valence-electron chi connectivity index (χ0n) is 7.93. The van der Waals surface area contributed by atoms with E-state index in [0.717, 1.165) is 12.1 Å². The molecule has 0 spiro atoms. The van der Waals surface area contributed by atoms with E-state index < -0.39 is 20.8 Å². The Morgan fingerprint density at radius 1 is 1.38 bits per heavy atom. The van der Waals surface area contributed by atoms with Crippen molar-refractivity contribution >= 4 is 15.8 Å². The van der Waals surface area contributed by atoms with Crippen LogP contribution in [0.3, 0.4) is 0 Å². The number of phenolic OH excluding ortho intramolecular Hbond substituents is 1. The molecule has 0 radical (unpaired) electrons. The van der Waals surface area contributed by atoms with Crippen LogP contribution in [0.1, 0.15) is 1.43 Å². The van der Waals surface area contributed by atoms with E-state index in [9.17, 15) is 8.42 Å². The fraction of sp³-hybridized carbons (Fsp3) is 0. The van der Waals surface area contributed by atoms with Crippen molar-refractivity contribution in [3.63, 3.8) is 0 Å². The molecule has 0 atom stereocenters. The van der Waals surface area contributed by atoms with Crippen LogP contribution in [0.4, 0.5) is 5.69 Å². The molecule has 0 aliphatic rings. The van der Waals surface area contributed by atoms with Gasteiger partial charge in [-0.05, 0) is 18.2 Å². The third-order valence-corrected chi connectivity index (χ3v) is 2.14. The first kappa shape index (κ1) is 12.7. The van der Waals surface area contributed by atoms with E-state index in [1.807, 2.05) is 0 Å². The normalized spacial score (nSPS) is 10.5. The predicted molar refractivity (Wildman–Crippen MR) is 43.4 cm³/mol. The van der Waals surface area contributed by atoms with Crippen LogP contribution in [0.5, 0.6) is 5.75 Å². The monoisotopic (exact) mass is 213 g/mol. The third-order valence-electron chi connectivity index (χ3n) is 1.26. The zero-order chi connectivity index (χ0) is 9.35. The maximum absolute atomic E-state index is 10.5. The second-order valence-corrected chi connectivity index (χ2v) is 3.59. The molecular formula is C6H8NNaO4S. The van der Waals surface area contributed by atoms with Crippen molar-refractivity contribution in [2.75, 3.05) is 5.73 Å². The standard InChI is InChI=1S/C6H7NO4S.Na.H/c7-4-1-2-5(8)6(3-4)12(9,10)11;;/h1-3,8H,7H2,(H,9,10,11);;/q;+1;-1. The van der Waals surface area contributed by atoms with Gasteiger partial charge in [-0.15, -0.1) is 0 Å². The number of nitrogen functional groups attached to an aromatic ring is 1. The minimum atomic E-state index is -4.39. The minimum absolute atomic E-state index is 0. The Morgan fingerprint density at radius 3 is 2.31 bits per heavy atom. The number of rotatable bonds is 1. The van der Waals surface area contributed by atoms with Gasteiger partial charge >= 0.3 is 29.6 Å². The molecule has 0 saturated carbocycles. The van der Waals surface area contributed by atoms with Crippen molar-refractivity contribution in [2.24, 2.45) is 0 Å². The van der Waals surface area contributed by atoms with Crippen LogP contribution >= 0.6 is 0 Å². The van der Waals surface area contributed by atoms with Crippen molar-refractivity contribution in [1.82, 2.24) is 0 Å². The van der Waals surface area contributed by atoms with Crippen molar-refractivity contribution in [3.8, 4) is 5.75 Å². The summed E-state index contributed by atoms with van der Waals surface area (Å²) in [5, 5.41) is 8.98. The van der Waals surface area contributed by atoms with Crippen molar-refractivity contribution < 1.29 is 49.1 Å². The molecule has 0 bridgehead atoms. The molecule has 7 heteroatoms. The molecule has 0 aliphatic heterocycles. The summed E-state index contributed by atoms with van der Waals surface area (Å²) >= 11 is 0. The molecule has 5 nitrogen and oxygen atoms in total. The van der Waals surface area contributed by atoms with Gasteiger partial charge in [0.2, 0.25) is 0 Å². The van der Waals surface area contributed by atoms with E-state index in [0.29, 0.717) is 0 Å². The number of aromatic hydroxyl groups is 1. The molecule has 0 fully saturated rings. The molecule has 1 aromatic rings. The molecular weight excluding hydrogens is 205 g/mol. The molecule has 0 amide bonds. The third kappa shape index (κ3) is 3.17. The van der Waals surface area contributed by atoms with Gasteiger partial charge in [0.05, 0.1) is 0 Å². The van der Waals surface area contributed by atoms with Crippen LogP contribution in [0, 0.1) is 0 Å². The van der Waals surface area contributed by atoms with E-state index in [1.54, 1.807) is 0 Å². The molecule has 13 heavy (non-hydrogen) atoms. The Labute approximate surface area is 99.1 Å². The molecule has 0 saturated heterocycles. The Kier molecular flexibility index (Phi) is 4.21. The number of phenols is 1. The van der Waals surface area contributed by atoms with Crippen LogP contribution in [0.25, 0.3) is 0 Å². The first-order chi connectivity index (χ1) is 5.41. The van der Waals surface area contributed by atoms with E-state index in [4.69, 9.17) is 15.4 Å². The first-order valence-corrected chi connectivity index (χ1v) is 4.41. The van der Waals surface area contributed by atoms with Gasteiger partial charge in [-0.1, -0.05) is 0 Å². The summed E-state index contributed by atoms with van der Waals surface area (Å²) in [5.41, 5.74) is 5.39. The van der Waals surface area contributed by atoms with Gasteiger partial charge in [-0.2, -0.15) is 8.42 Å². The van der Waals surface area contributed by atoms with Gasteiger partial charge in [-0.25, -0.2) is 0 Å². The maximum Gasteiger partial charge on any atom is 1.00 e. The van der Waals surface area contributed by atoms with Gasteiger partial charge in [0.15, 0.2) is 0 Å². The van der Waals surface area contributed by atoms with E-state index in [1.165, 1.54) is 6.07 Å². The molecule has 68 valence electrons. The number of hydrogen-bond donors (Lipinski definition) is 3. The molecule has 1 aromatic carbocycles. The minimum Gasteiger partial charge on any atom is -1.00 e. The Balaban J connectivity index is 0. The summed E-state index contributed by atoms with van der Waals surface area (Å²) in [6, 6.07) is 3.40. The first-order valence-electron chi connectivity index (χ1n) is 2.97. The number of benzene rings is 1. The SMILES string of the molecule is Nc1ccc(O)c(S(=O)(=O)O)c1.[H-].[Na+]. The quantitative estimate of drug-likeness (QED) is 0.204. The smallest absolute Gasteiger partial charge is 1.00 e. The van der Waals surface area contributed by atoms with E-state index in [-0.39, 0.29) is 36.7 Å². The van der Waals surface area contributed by atoms with Crippen molar-refractivity contribution in [3.05, 3.63) is 18.2 Å². The van der Waals surface area contributed by atoms with Crippen LogP contribution in [-0.2, 0) is 10.1 Å². The molecule has 0 heterocycles. The van der Waals surface area contributed by atoms with E-state index >= 15 is 0 Å². The summed E-state index contributed by atoms with van der Waals surface area (Å²) in [5.74, 6) is -0.522. The number of hydrogen-bond acceptors (Lipinski definition) is 4. The number of anilines is 1. The Bertz CT molecular complexity index is 408. The average molecular weight is 213 g/mol. The predicted octanol–water partition coefficient (Wildman–Crippen LogP) is -2.66. The second-order valence-electron chi connectivity index (χ2n) is 2.20. The number of nitrogens with two attached hydrogens (primary N) is 1. The van der Waals surface area contributed by atoms with Gasteiger partial charge in [0.1, 0.15) is 10.6 Å². The molecule has 0 unspecified atom stereocenters. The van der Waals surface area contributed by atoms with Gasteiger partial charge in [0, 0.05) is 5.69 Å². The Morgan fingerprint density at radius 2 is 1.92 bits per heavy atom. The topological polar surface area (TPSA) is 101 Å².